The molecule has 0 saturated carbocycles. The molecule has 104 valence electrons. The van der Waals surface area contributed by atoms with Gasteiger partial charge in [-0.15, -0.1) is 0 Å². The normalized spacial score (nSPS) is 33.9. The Balaban J connectivity index is 1.70. The lowest BCUT2D eigenvalue weighted by atomic mass is 9.84. The second-order valence-corrected chi connectivity index (χ2v) is 6.66. The largest absolute Gasteiger partial charge is 0.389 e. The number of aliphatic hydroxyl groups is 1. The molecule has 2 nitrogen and oxygen atoms in total. The summed E-state index contributed by atoms with van der Waals surface area (Å²) < 4.78 is 5.82. The Morgan fingerprint density at radius 1 is 1.16 bits per heavy atom. The van der Waals surface area contributed by atoms with Crippen molar-refractivity contribution in [2.24, 2.45) is 0 Å². The van der Waals surface area contributed by atoms with Gasteiger partial charge in [-0.1, -0.05) is 38.1 Å². The van der Waals surface area contributed by atoms with Gasteiger partial charge in [-0.25, -0.2) is 0 Å². The zero-order valence-electron chi connectivity index (χ0n) is 11.9. The Kier molecular flexibility index (Phi) is 3.40. The summed E-state index contributed by atoms with van der Waals surface area (Å²) >= 11 is 0. The van der Waals surface area contributed by atoms with Gasteiger partial charge in [0.2, 0.25) is 0 Å². The highest BCUT2D eigenvalue weighted by Gasteiger charge is 2.43. The average molecular weight is 260 g/mol. The topological polar surface area (TPSA) is 29.5 Å². The lowest BCUT2D eigenvalue weighted by Gasteiger charge is -2.36. The van der Waals surface area contributed by atoms with Crippen molar-refractivity contribution in [2.45, 2.75) is 69.7 Å². The molecule has 0 aliphatic carbocycles. The van der Waals surface area contributed by atoms with Crippen LogP contribution in [0.4, 0.5) is 0 Å². The van der Waals surface area contributed by atoms with E-state index in [1.54, 1.807) is 0 Å². The Morgan fingerprint density at radius 2 is 1.74 bits per heavy atom. The van der Waals surface area contributed by atoms with Crippen LogP contribution >= 0.6 is 0 Å². The molecule has 0 radical (unpaired) electrons. The first-order valence-electron chi connectivity index (χ1n) is 7.51. The van der Waals surface area contributed by atoms with Crippen LogP contribution in [0.2, 0.25) is 0 Å². The van der Waals surface area contributed by atoms with Crippen LogP contribution in [0.25, 0.3) is 0 Å². The summed E-state index contributed by atoms with van der Waals surface area (Å²) in [6.45, 7) is 4.41. The summed E-state index contributed by atoms with van der Waals surface area (Å²) in [4.78, 5) is 0. The number of benzene rings is 1. The van der Waals surface area contributed by atoms with Crippen LogP contribution in [0.1, 0.15) is 56.6 Å². The van der Waals surface area contributed by atoms with E-state index in [1.165, 1.54) is 11.1 Å². The van der Waals surface area contributed by atoms with E-state index in [-0.39, 0.29) is 0 Å². The molecule has 2 fully saturated rings. The summed E-state index contributed by atoms with van der Waals surface area (Å²) in [5, 5.41) is 10.8. The van der Waals surface area contributed by atoms with Gasteiger partial charge in [-0.2, -0.15) is 0 Å². The summed E-state index contributed by atoms with van der Waals surface area (Å²) in [6, 6.07) is 8.73. The monoisotopic (exact) mass is 260 g/mol. The maximum absolute atomic E-state index is 10.8. The van der Waals surface area contributed by atoms with Crippen LogP contribution in [0, 0.1) is 0 Å². The molecule has 2 heteroatoms. The third-order valence-electron chi connectivity index (χ3n) is 4.59. The van der Waals surface area contributed by atoms with Crippen LogP contribution in [-0.4, -0.2) is 22.9 Å². The van der Waals surface area contributed by atoms with Gasteiger partial charge in [0.25, 0.3) is 0 Å². The molecule has 2 aliphatic rings. The third-order valence-corrected chi connectivity index (χ3v) is 4.59. The molecule has 2 heterocycles. The fraction of sp³-hybridized carbons (Fsp3) is 0.647. The van der Waals surface area contributed by atoms with Crippen molar-refractivity contribution in [3.8, 4) is 0 Å². The van der Waals surface area contributed by atoms with Gasteiger partial charge in [-0.05, 0) is 29.9 Å². The Labute approximate surface area is 115 Å². The fourth-order valence-electron chi connectivity index (χ4n) is 3.56. The molecule has 1 aromatic rings. The highest BCUT2D eigenvalue weighted by molar-refractivity contribution is 5.26. The molecule has 2 aliphatic heterocycles. The predicted molar refractivity (Wildman–Crippen MR) is 76.3 cm³/mol. The summed E-state index contributed by atoms with van der Waals surface area (Å²) in [7, 11) is 0. The quantitative estimate of drug-likeness (QED) is 0.902. The second-order valence-electron chi connectivity index (χ2n) is 6.66. The smallest absolute Gasteiger partial charge is 0.0737 e. The summed E-state index contributed by atoms with van der Waals surface area (Å²) in [6.07, 6.45) is 5.20. The van der Waals surface area contributed by atoms with E-state index in [0.717, 1.165) is 32.1 Å². The number of fused-ring (bicyclic) bond motifs is 2. The SMILES string of the molecule is CC(C)c1ccc(CC2(O)CC3CCC(C2)O3)cc1. The number of hydrogen-bond donors (Lipinski definition) is 1. The average Bonchev–Trinajstić information content (AvgIpc) is 2.69. The fourth-order valence-corrected chi connectivity index (χ4v) is 3.56. The van der Waals surface area contributed by atoms with Crippen LogP contribution in [-0.2, 0) is 11.2 Å². The Morgan fingerprint density at radius 3 is 2.26 bits per heavy atom. The van der Waals surface area contributed by atoms with Crippen LogP contribution in [0.3, 0.4) is 0 Å². The van der Waals surface area contributed by atoms with Gasteiger partial charge < -0.3 is 9.84 Å². The van der Waals surface area contributed by atoms with Crippen LogP contribution < -0.4 is 0 Å². The molecular formula is C17H24O2. The van der Waals surface area contributed by atoms with Crippen molar-refractivity contribution in [3.05, 3.63) is 35.4 Å². The Hall–Kier alpha value is -0.860. The number of rotatable bonds is 3. The second kappa shape index (κ2) is 4.92. The molecule has 2 bridgehead atoms. The van der Waals surface area contributed by atoms with E-state index in [0.29, 0.717) is 18.1 Å². The highest BCUT2D eigenvalue weighted by Crippen LogP contribution is 2.40. The molecule has 3 rings (SSSR count). The van der Waals surface area contributed by atoms with Crippen molar-refractivity contribution in [3.63, 3.8) is 0 Å². The molecule has 1 N–H and O–H groups in total. The highest BCUT2D eigenvalue weighted by atomic mass is 16.5. The zero-order chi connectivity index (χ0) is 13.5. The molecular weight excluding hydrogens is 236 g/mol. The number of ether oxygens (including phenoxy) is 1. The molecule has 2 saturated heterocycles. The minimum atomic E-state index is -0.552. The van der Waals surface area contributed by atoms with Crippen molar-refractivity contribution in [2.75, 3.05) is 0 Å². The van der Waals surface area contributed by atoms with Gasteiger partial charge in [-0.3, -0.25) is 0 Å². The van der Waals surface area contributed by atoms with E-state index in [9.17, 15) is 5.11 Å². The van der Waals surface area contributed by atoms with Gasteiger partial charge in [0.05, 0.1) is 17.8 Å². The first-order valence-corrected chi connectivity index (χ1v) is 7.51. The molecule has 2 atom stereocenters. The first kappa shape index (κ1) is 13.1. The molecule has 0 aromatic heterocycles. The van der Waals surface area contributed by atoms with E-state index >= 15 is 0 Å². The third kappa shape index (κ3) is 2.85. The van der Waals surface area contributed by atoms with Crippen LogP contribution in [0.5, 0.6) is 0 Å². The van der Waals surface area contributed by atoms with E-state index < -0.39 is 5.60 Å². The maximum atomic E-state index is 10.8. The summed E-state index contributed by atoms with van der Waals surface area (Å²) in [5.74, 6) is 0.566. The van der Waals surface area contributed by atoms with Crippen molar-refractivity contribution < 1.29 is 9.84 Å². The lowest BCUT2D eigenvalue weighted by molar-refractivity contribution is -0.110. The molecule has 2 unspecified atom stereocenters. The van der Waals surface area contributed by atoms with Gasteiger partial charge in [0.15, 0.2) is 0 Å². The predicted octanol–water partition coefficient (Wildman–Crippen LogP) is 3.43. The van der Waals surface area contributed by atoms with Gasteiger partial charge in [0, 0.05) is 19.3 Å². The molecule has 0 amide bonds. The lowest BCUT2D eigenvalue weighted by Crippen LogP contribution is -2.42. The van der Waals surface area contributed by atoms with Crippen molar-refractivity contribution >= 4 is 0 Å². The standard InChI is InChI=1S/C17H24O2/c1-12(2)14-5-3-13(4-6-14)9-17(18)10-15-7-8-16(11-17)19-15/h3-6,12,15-16,18H,7-11H2,1-2H3. The van der Waals surface area contributed by atoms with E-state index in [1.807, 2.05) is 0 Å². The van der Waals surface area contributed by atoms with E-state index in [2.05, 4.69) is 38.1 Å². The molecule has 19 heavy (non-hydrogen) atoms. The summed E-state index contributed by atoms with van der Waals surface area (Å²) in [5.41, 5.74) is 2.06. The zero-order valence-corrected chi connectivity index (χ0v) is 11.9. The minimum Gasteiger partial charge on any atom is -0.389 e. The van der Waals surface area contributed by atoms with E-state index in [4.69, 9.17) is 4.74 Å². The minimum absolute atomic E-state index is 0.290. The van der Waals surface area contributed by atoms with Crippen LogP contribution in [0.15, 0.2) is 24.3 Å². The van der Waals surface area contributed by atoms with Gasteiger partial charge >= 0.3 is 0 Å². The first-order chi connectivity index (χ1) is 9.04. The number of hydrogen-bond acceptors (Lipinski definition) is 2. The molecule has 1 aromatic carbocycles. The molecule has 0 spiro atoms. The van der Waals surface area contributed by atoms with Gasteiger partial charge in [0.1, 0.15) is 0 Å². The maximum Gasteiger partial charge on any atom is 0.0737 e. The van der Waals surface area contributed by atoms with Crippen molar-refractivity contribution in [1.29, 1.82) is 0 Å². The van der Waals surface area contributed by atoms with Crippen molar-refractivity contribution in [1.82, 2.24) is 0 Å². The Bertz CT molecular complexity index is 423.